The summed E-state index contributed by atoms with van der Waals surface area (Å²) >= 11 is 0. The number of hydrogen-bond acceptors (Lipinski definition) is 5. The summed E-state index contributed by atoms with van der Waals surface area (Å²) in [6.07, 6.45) is -0.257. The van der Waals surface area contributed by atoms with Crippen LogP contribution in [-0.4, -0.2) is 29.5 Å². The van der Waals surface area contributed by atoms with Crippen molar-refractivity contribution in [3.05, 3.63) is 29.8 Å². The minimum absolute atomic E-state index is 0. The molecule has 0 aromatic heterocycles. The van der Waals surface area contributed by atoms with Crippen LogP contribution in [0.3, 0.4) is 0 Å². The highest BCUT2D eigenvalue weighted by molar-refractivity contribution is 5.69. The molecule has 0 bridgehead atoms. The van der Waals surface area contributed by atoms with E-state index in [9.17, 15) is 9.59 Å². The lowest BCUT2D eigenvalue weighted by atomic mass is 10.1. The van der Waals surface area contributed by atoms with Crippen molar-refractivity contribution in [1.29, 1.82) is 0 Å². The van der Waals surface area contributed by atoms with Crippen LogP contribution in [0.4, 0.5) is 9.59 Å². The van der Waals surface area contributed by atoms with Gasteiger partial charge in [-0.2, -0.15) is 0 Å². The number of nitrogens with one attached hydrogen (secondary N) is 1. The van der Waals surface area contributed by atoms with Crippen molar-refractivity contribution in [3.63, 3.8) is 0 Å². The minimum Gasteiger partial charge on any atom is -0.444 e. The Labute approximate surface area is 164 Å². The zero-order valence-electron chi connectivity index (χ0n) is 17.7. The Kier molecular flexibility index (Phi) is 7.69. The molecule has 6 nitrogen and oxygen atoms in total. The highest BCUT2D eigenvalue weighted by Crippen LogP contribution is 2.41. The standard InChI is InChI=1S/C19H27NO5.C2H6.H2/c1-18(2,3)24-16(21)20-15-11-14(15)12-7-9-13(10-8-12)23-17(22)25-19(4,5)6;1-2;/h7-10,14-15H,11H2,1-6H3,(H,20,21);1-2H3;1H/t14-,15+;;/m0../s1. The lowest BCUT2D eigenvalue weighted by Crippen LogP contribution is -2.34. The van der Waals surface area contributed by atoms with E-state index in [2.05, 4.69) is 5.32 Å². The third-order valence-electron chi connectivity index (χ3n) is 3.39. The number of amides is 1. The van der Waals surface area contributed by atoms with Crippen molar-refractivity contribution in [1.82, 2.24) is 5.32 Å². The van der Waals surface area contributed by atoms with Crippen LogP contribution in [0.5, 0.6) is 5.75 Å². The maximum Gasteiger partial charge on any atom is 0.514 e. The predicted molar refractivity (Wildman–Crippen MR) is 107 cm³/mol. The van der Waals surface area contributed by atoms with E-state index in [0.29, 0.717) is 5.75 Å². The average Bonchev–Trinajstić information content (AvgIpc) is 3.25. The number of rotatable bonds is 3. The molecule has 27 heavy (non-hydrogen) atoms. The van der Waals surface area contributed by atoms with Gasteiger partial charge in [-0.25, -0.2) is 9.59 Å². The first-order valence-corrected chi connectivity index (χ1v) is 9.43. The van der Waals surface area contributed by atoms with E-state index in [1.165, 1.54) is 0 Å². The molecule has 1 saturated carbocycles. The van der Waals surface area contributed by atoms with Crippen LogP contribution in [0.2, 0.25) is 0 Å². The van der Waals surface area contributed by atoms with Crippen LogP contribution in [0.15, 0.2) is 24.3 Å². The van der Waals surface area contributed by atoms with Crippen LogP contribution in [0, 0.1) is 0 Å². The summed E-state index contributed by atoms with van der Waals surface area (Å²) < 4.78 is 15.5. The highest BCUT2D eigenvalue weighted by Gasteiger charge is 2.40. The van der Waals surface area contributed by atoms with Gasteiger partial charge >= 0.3 is 12.2 Å². The second-order valence-corrected chi connectivity index (χ2v) is 8.23. The zero-order chi connectivity index (χ0) is 20.8. The number of carbonyl (C=O) groups is 2. The molecule has 0 aliphatic heterocycles. The molecular weight excluding hydrogens is 346 g/mol. The van der Waals surface area contributed by atoms with Crippen molar-refractivity contribution in [3.8, 4) is 5.75 Å². The zero-order valence-corrected chi connectivity index (χ0v) is 17.7. The van der Waals surface area contributed by atoms with Gasteiger partial charge < -0.3 is 19.5 Å². The molecule has 1 aromatic carbocycles. The van der Waals surface area contributed by atoms with Crippen LogP contribution in [0.1, 0.15) is 74.7 Å². The lowest BCUT2D eigenvalue weighted by molar-refractivity contribution is 0.0205. The van der Waals surface area contributed by atoms with Crippen molar-refractivity contribution >= 4 is 12.2 Å². The van der Waals surface area contributed by atoms with Crippen molar-refractivity contribution < 1.29 is 25.2 Å². The molecule has 0 saturated heterocycles. The predicted octanol–water partition coefficient (Wildman–Crippen LogP) is 5.65. The molecule has 6 heteroatoms. The molecule has 0 unspecified atom stereocenters. The van der Waals surface area contributed by atoms with E-state index >= 15 is 0 Å². The first kappa shape index (κ1) is 22.8. The smallest absolute Gasteiger partial charge is 0.444 e. The van der Waals surface area contributed by atoms with Crippen molar-refractivity contribution in [2.24, 2.45) is 0 Å². The fraction of sp³-hybridized carbons (Fsp3) is 0.619. The summed E-state index contributed by atoms with van der Waals surface area (Å²) in [5.74, 6) is 0.679. The number of benzene rings is 1. The van der Waals surface area contributed by atoms with Gasteiger partial charge in [-0.3, -0.25) is 0 Å². The Morgan fingerprint density at radius 2 is 1.48 bits per heavy atom. The van der Waals surface area contributed by atoms with Crippen LogP contribution < -0.4 is 10.1 Å². The average molecular weight is 382 g/mol. The maximum atomic E-state index is 11.8. The molecule has 1 aromatic rings. The molecule has 0 heterocycles. The van der Waals surface area contributed by atoms with Crippen LogP contribution in [0.25, 0.3) is 0 Å². The van der Waals surface area contributed by atoms with Crippen LogP contribution >= 0.6 is 0 Å². The summed E-state index contributed by atoms with van der Waals surface area (Å²) in [4.78, 5) is 23.4. The largest absolute Gasteiger partial charge is 0.514 e. The Morgan fingerprint density at radius 3 is 1.96 bits per heavy atom. The Hall–Kier alpha value is -2.24. The normalized spacial score (nSPS) is 18.5. The summed E-state index contributed by atoms with van der Waals surface area (Å²) in [5, 5.41) is 2.87. The van der Waals surface area contributed by atoms with Gasteiger partial charge in [0, 0.05) is 13.4 Å². The van der Waals surface area contributed by atoms with Gasteiger partial charge in [0.1, 0.15) is 17.0 Å². The van der Waals surface area contributed by atoms with E-state index in [0.717, 1.165) is 12.0 Å². The van der Waals surface area contributed by atoms with Gasteiger partial charge in [-0.05, 0) is 65.7 Å². The topological polar surface area (TPSA) is 73.9 Å². The van der Waals surface area contributed by atoms with E-state index < -0.39 is 23.5 Å². The molecule has 154 valence electrons. The molecule has 0 spiro atoms. The third-order valence-corrected chi connectivity index (χ3v) is 3.39. The van der Waals surface area contributed by atoms with Gasteiger partial charge in [-0.1, -0.05) is 26.0 Å². The van der Waals surface area contributed by atoms with Gasteiger partial charge in [0.2, 0.25) is 0 Å². The molecular formula is C21H35NO5. The minimum atomic E-state index is -0.726. The van der Waals surface area contributed by atoms with Gasteiger partial charge in [0.25, 0.3) is 0 Å². The maximum absolute atomic E-state index is 11.8. The highest BCUT2D eigenvalue weighted by atomic mass is 16.7. The van der Waals surface area contributed by atoms with Gasteiger partial charge in [0.05, 0.1) is 0 Å². The molecule has 1 fully saturated rings. The molecule has 0 radical (unpaired) electrons. The fourth-order valence-electron chi connectivity index (χ4n) is 2.33. The second kappa shape index (κ2) is 9.11. The molecule has 1 amide bonds. The van der Waals surface area contributed by atoms with E-state index in [-0.39, 0.29) is 13.4 Å². The quantitative estimate of drug-likeness (QED) is 0.541. The SMILES string of the molecule is CC.CC(C)(C)OC(=O)N[C@@H]1C[C@H]1c1ccc(OC(=O)OC(C)(C)C)cc1.[HH]. The molecule has 1 aliphatic rings. The Bertz CT molecular complexity index is 632. The monoisotopic (exact) mass is 381 g/mol. The number of ether oxygens (including phenoxy) is 3. The van der Waals surface area contributed by atoms with Crippen molar-refractivity contribution in [2.45, 2.75) is 85.0 Å². The lowest BCUT2D eigenvalue weighted by Gasteiger charge is -2.19. The summed E-state index contributed by atoms with van der Waals surface area (Å²) in [5.41, 5.74) is -0.0154. The van der Waals surface area contributed by atoms with E-state index in [4.69, 9.17) is 14.2 Å². The number of hydrogen-bond donors (Lipinski definition) is 1. The molecule has 1 N–H and O–H groups in total. The van der Waals surface area contributed by atoms with Gasteiger partial charge in [0.15, 0.2) is 0 Å². The van der Waals surface area contributed by atoms with E-state index in [1.807, 2.05) is 46.8 Å². The molecule has 2 rings (SSSR count). The second-order valence-electron chi connectivity index (χ2n) is 8.23. The Balaban J connectivity index is 0.00000235. The van der Waals surface area contributed by atoms with E-state index in [1.54, 1.807) is 32.9 Å². The fourth-order valence-corrected chi connectivity index (χ4v) is 2.33. The number of alkyl carbamates (subject to hydrolysis) is 1. The summed E-state index contributed by atoms with van der Waals surface area (Å²) in [6, 6.07) is 7.31. The first-order valence-electron chi connectivity index (χ1n) is 9.43. The van der Waals surface area contributed by atoms with Crippen LogP contribution in [-0.2, 0) is 9.47 Å². The van der Waals surface area contributed by atoms with Gasteiger partial charge in [-0.15, -0.1) is 0 Å². The summed E-state index contributed by atoms with van der Waals surface area (Å²) in [6.45, 7) is 14.8. The Morgan fingerprint density at radius 1 is 0.963 bits per heavy atom. The summed E-state index contributed by atoms with van der Waals surface area (Å²) in [7, 11) is 0. The molecule has 2 atom stereocenters. The number of carbonyl (C=O) groups excluding carboxylic acids is 2. The first-order chi connectivity index (χ1) is 12.4. The van der Waals surface area contributed by atoms with Crippen molar-refractivity contribution in [2.75, 3.05) is 0 Å². The molecule has 1 aliphatic carbocycles. The third kappa shape index (κ3) is 8.80.